The highest BCUT2D eigenvalue weighted by atomic mass is 16.6. The van der Waals surface area contributed by atoms with Crippen LogP contribution in [0.25, 0.3) is 0 Å². The normalized spacial score (nSPS) is 19.9. The summed E-state index contributed by atoms with van der Waals surface area (Å²) in [7, 11) is 0. The third-order valence-corrected chi connectivity index (χ3v) is 3.55. The standard InChI is InChI=1S/C15H27NO3/c1-14(2,3)19-13(18)16-15(11-12-17)9-7-5-4-6-8-10-15/h12H,4-11H2,1-3H3,(H,16,18). The molecule has 4 heteroatoms. The van der Waals surface area contributed by atoms with Crippen molar-refractivity contribution in [2.75, 3.05) is 0 Å². The number of hydrogen-bond donors (Lipinski definition) is 1. The summed E-state index contributed by atoms with van der Waals surface area (Å²) in [5, 5.41) is 2.97. The van der Waals surface area contributed by atoms with Crippen LogP contribution in [0.3, 0.4) is 0 Å². The van der Waals surface area contributed by atoms with Gasteiger partial charge in [-0.15, -0.1) is 0 Å². The first-order valence-electron chi connectivity index (χ1n) is 7.32. The van der Waals surface area contributed by atoms with E-state index in [1.807, 2.05) is 20.8 Å². The topological polar surface area (TPSA) is 55.4 Å². The van der Waals surface area contributed by atoms with Crippen LogP contribution in [0.5, 0.6) is 0 Å². The Morgan fingerprint density at radius 2 is 1.68 bits per heavy atom. The van der Waals surface area contributed by atoms with Gasteiger partial charge in [-0.1, -0.05) is 32.1 Å². The second kappa shape index (κ2) is 6.92. The van der Waals surface area contributed by atoms with Crippen LogP contribution in [0.1, 0.15) is 72.1 Å². The zero-order valence-corrected chi connectivity index (χ0v) is 12.5. The summed E-state index contributed by atoms with van der Waals surface area (Å²) in [6, 6.07) is 0. The molecule has 0 aromatic heterocycles. The third kappa shape index (κ3) is 6.08. The fourth-order valence-electron chi connectivity index (χ4n) is 2.64. The number of aldehydes is 1. The molecule has 1 aliphatic carbocycles. The number of hydrogen-bond acceptors (Lipinski definition) is 3. The third-order valence-electron chi connectivity index (χ3n) is 3.55. The van der Waals surface area contributed by atoms with Gasteiger partial charge in [-0.3, -0.25) is 0 Å². The minimum atomic E-state index is -0.506. The molecule has 0 aromatic rings. The van der Waals surface area contributed by atoms with Crippen LogP contribution in [0.2, 0.25) is 0 Å². The smallest absolute Gasteiger partial charge is 0.408 e. The van der Waals surface area contributed by atoms with Gasteiger partial charge in [-0.25, -0.2) is 4.79 Å². The Morgan fingerprint density at radius 3 is 2.16 bits per heavy atom. The van der Waals surface area contributed by atoms with Crippen molar-refractivity contribution < 1.29 is 14.3 Å². The van der Waals surface area contributed by atoms with Gasteiger partial charge in [0.1, 0.15) is 11.9 Å². The lowest BCUT2D eigenvalue weighted by atomic mass is 9.82. The van der Waals surface area contributed by atoms with Crippen molar-refractivity contribution in [1.82, 2.24) is 5.32 Å². The Bertz CT molecular complexity index is 299. The number of amides is 1. The van der Waals surface area contributed by atoms with Crippen LogP contribution in [0.15, 0.2) is 0 Å². The monoisotopic (exact) mass is 269 g/mol. The van der Waals surface area contributed by atoms with Gasteiger partial charge in [0, 0.05) is 12.0 Å². The summed E-state index contributed by atoms with van der Waals surface area (Å²) in [5.74, 6) is 0. The number of carbonyl (C=O) groups is 2. The van der Waals surface area contributed by atoms with E-state index in [1.54, 1.807) is 0 Å². The number of ether oxygens (including phenoxy) is 1. The highest BCUT2D eigenvalue weighted by Crippen LogP contribution is 2.29. The molecule has 1 fully saturated rings. The summed E-state index contributed by atoms with van der Waals surface area (Å²) in [6.45, 7) is 5.53. The molecule has 110 valence electrons. The highest BCUT2D eigenvalue weighted by molar-refractivity contribution is 5.69. The molecule has 4 nitrogen and oxygen atoms in total. The lowest BCUT2D eigenvalue weighted by molar-refractivity contribution is -0.109. The number of rotatable bonds is 3. The molecular formula is C15H27NO3. The van der Waals surface area contributed by atoms with Crippen LogP contribution in [0, 0.1) is 0 Å². The largest absolute Gasteiger partial charge is 0.444 e. The maximum atomic E-state index is 12.0. The number of nitrogens with one attached hydrogen (secondary N) is 1. The Labute approximate surface area is 116 Å². The van der Waals surface area contributed by atoms with E-state index >= 15 is 0 Å². The maximum Gasteiger partial charge on any atom is 0.408 e. The molecule has 0 unspecified atom stereocenters. The molecule has 0 heterocycles. The van der Waals surface area contributed by atoms with Crippen LogP contribution in [-0.4, -0.2) is 23.5 Å². The Kier molecular flexibility index (Phi) is 5.83. The predicted octanol–water partition coefficient (Wildman–Crippen LogP) is 3.58. The van der Waals surface area contributed by atoms with E-state index in [9.17, 15) is 9.59 Å². The van der Waals surface area contributed by atoms with Gasteiger partial charge in [0.05, 0.1) is 0 Å². The van der Waals surface area contributed by atoms with E-state index in [0.717, 1.165) is 32.0 Å². The van der Waals surface area contributed by atoms with Gasteiger partial charge in [-0.2, -0.15) is 0 Å². The molecule has 1 N–H and O–H groups in total. The van der Waals surface area contributed by atoms with Crippen molar-refractivity contribution in [3.63, 3.8) is 0 Å². The minimum Gasteiger partial charge on any atom is -0.444 e. The molecule has 0 radical (unpaired) electrons. The van der Waals surface area contributed by atoms with E-state index in [2.05, 4.69) is 5.32 Å². The van der Waals surface area contributed by atoms with Crippen LogP contribution >= 0.6 is 0 Å². The average molecular weight is 269 g/mol. The van der Waals surface area contributed by atoms with Gasteiger partial charge in [0.15, 0.2) is 0 Å². The van der Waals surface area contributed by atoms with E-state index in [4.69, 9.17) is 4.74 Å². The number of carbonyl (C=O) groups excluding carboxylic acids is 2. The van der Waals surface area contributed by atoms with E-state index in [0.29, 0.717) is 6.42 Å². The van der Waals surface area contributed by atoms with Crippen LogP contribution in [0.4, 0.5) is 4.79 Å². The van der Waals surface area contributed by atoms with E-state index in [-0.39, 0.29) is 0 Å². The zero-order chi connectivity index (χ0) is 14.4. The summed E-state index contributed by atoms with van der Waals surface area (Å²) in [5.41, 5.74) is -0.904. The van der Waals surface area contributed by atoms with Crippen molar-refractivity contribution in [2.24, 2.45) is 0 Å². The van der Waals surface area contributed by atoms with Crippen molar-refractivity contribution in [3.05, 3.63) is 0 Å². The number of alkyl carbamates (subject to hydrolysis) is 1. The van der Waals surface area contributed by atoms with Crippen molar-refractivity contribution in [2.45, 2.75) is 83.3 Å². The summed E-state index contributed by atoms with van der Waals surface area (Å²) >= 11 is 0. The molecule has 0 aliphatic heterocycles. The zero-order valence-electron chi connectivity index (χ0n) is 12.5. The van der Waals surface area contributed by atoms with Gasteiger partial charge < -0.3 is 14.8 Å². The molecule has 0 saturated heterocycles. The molecule has 19 heavy (non-hydrogen) atoms. The minimum absolute atomic E-state index is 0.381. The summed E-state index contributed by atoms with van der Waals surface area (Å²) < 4.78 is 5.32. The van der Waals surface area contributed by atoms with Gasteiger partial charge in [0.25, 0.3) is 0 Å². The average Bonchev–Trinajstić information content (AvgIpc) is 2.21. The van der Waals surface area contributed by atoms with Crippen molar-refractivity contribution in [3.8, 4) is 0 Å². The Hall–Kier alpha value is -1.06. The lowest BCUT2D eigenvalue weighted by Gasteiger charge is -2.35. The maximum absolute atomic E-state index is 12.0. The molecule has 1 rings (SSSR count). The quantitative estimate of drug-likeness (QED) is 0.797. The summed E-state index contributed by atoms with van der Waals surface area (Å²) in [6.07, 6.45) is 8.35. The van der Waals surface area contributed by atoms with Crippen LogP contribution in [-0.2, 0) is 9.53 Å². The molecule has 0 spiro atoms. The van der Waals surface area contributed by atoms with Crippen molar-refractivity contribution >= 4 is 12.4 Å². The molecule has 1 saturated carbocycles. The second-order valence-corrected chi connectivity index (χ2v) is 6.55. The molecule has 1 aliphatic rings. The van der Waals surface area contributed by atoms with E-state index in [1.165, 1.54) is 19.3 Å². The first-order valence-corrected chi connectivity index (χ1v) is 7.32. The first-order chi connectivity index (χ1) is 8.87. The fourth-order valence-corrected chi connectivity index (χ4v) is 2.64. The second-order valence-electron chi connectivity index (χ2n) is 6.55. The van der Waals surface area contributed by atoms with Gasteiger partial charge >= 0.3 is 6.09 Å². The Morgan fingerprint density at radius 1 is 1.16 bits per heavy atom. The fraction of sp³-hybridized carbons (Fsp3) is 0.867. The molecule has 0 aromatic carbocycles. The Balaban J connectivity index is 2.68. The van der Waals surface area contributed by atoms with Gasteiger partial charge in [-0.05, 0) is 33.6 Å². The molecule has 0 bridgehead atoms. The highest BCUT2D eigenvalue weighted by Gasteiger charge is 2.33. The predicted molar refractivity (Wildman–Crippen MR) is 75.1 cm³/mol. The lowest BCUT2D eigenvalue weighted by Crippen LogP contribution is -2.50. The SMILES string of the molecule is CC(C)(C)OC(=O)NC1(CC=O)CCCCCCC1. The van der Waals surface area contributed by atoms with E-state index < -0.39 is 17.2 Å². The molecule has 1 amide bonds. The first kappa shape index (κ1) is 16.0. The van der Waals surface area contributed by atoms with Crippen LogP contribution < -0.4 is 5.32 Å². The van der Waals surface area contributed by atoms with Gasteiger partial charge in [0.2, 0.25) is 0 Å². The molecular weight excluding hydrogens is 242 g/mol. The molecule has 0 atom stereocenters. The summed E-state index contributed by atoms with van der Waals surface area (Å²) in [4.78, 5) is 22.9. The van der Waals surface area contributed by atoms with Crippen molar-refractivity contribution in [1.29, 1.82) is 0 Å².